The second-order valence-corrected chi connectivity index (χ2v) is 8.28. The Labute approximate surface area is 193 Å². The fourth-order valence-electron chi connectivity index (χ4n) is 4.19. The van der Waals surface area contributed by atoms with Crippen LogP contribution in [-0.2, 0) is 4.79 Å². The molecule has 3 aromatic carbocycles. The summed E-state index contributed by atoms with van der Waals surface area (Å²) in [7, 11) is 0. The van der Waals surface area contributed by atoms with E-state index in [1.807, 2.05) is 65.7 Å². The van der Waals surface area contributed by atoms with Crippen molar-refractivity contribution in [1.29, 1.82) is 0 Å². The molecule has 1 aromatic heterocycles. The lowest BCUT2D eigenvalue weighted by Gasteiger charge is -2.31. The van der Waals surface area contributed by atoms with Gasteiger partial charge in [0.2, 0.25) is 11.9 Å². The van der Waals surface area contributed by atoms with Crippen molar-refractivity contribution >= 4 is 28.4 Å². The van der Waals surface area contributed by atoms with Gasteiger partial charge < -0.3 is 15.0 Å². The number of anilines is 2. The first-order valence-corrected chi connectivity index (χ1v) is 11.3. The highest BCUT2D eigenvalue weighted by atomic mass is 16.5. The molecule has 0 bridgehead atoms. The van der Waals surface area contributed by atoms with Crippen molar-refractivity contribution in [3.63, 3.8) is 0 Å². The maximum atomic E-state index is 11.5. The molecule has 0 atom stereocenters. The lowest BCUT2D eigenvalue weighted by atomic mass is 10.0. The van der Waals surface area contributed by atoms with Gasteiger partial charge in [-0.1, -0.05) is 48.5 Å². The number of nitrogens with one attached hydrogen (secondary N) is 1. The highest BCUT2D eigenvalue weighted by molar-refractivity contribution is 5.93. The Morgan fingerprint density at radius 3 is 2.45 bits per heavy atom. The number of rotatable bonds is 5. The van der Waals surface area contributed by atoms with E-state index in [0.29, 0.717) is 5.95 Å². The van der Waals surface area contributed by atoms with Crippen LogP contribution < -0.4 is 10.1 Å². The second kappa shape index (κ2) is 9.28. The van der Waals surface area contributed by atoms with E-state index in [9.17, 15) is 4.79 Å². The summed E-state index contributed by atoms with van der Waals surface area (Å²) >= 11 is 0. The fraction of sp³-hybridized carbons (Fsp3) is 0.222. The number of piperidine rings is 1. The minimum Gasteiger partial charge on any atom is -0.490 e. The summed E-state index contributed by atoms with van der Waals surface area (Å²) in [5, 5.41) is 4.30. The Bertz CT molecular complexity index is 1250. The van der Waals surface area contributed by atoms with Crippen LogP contribution in [0, 0.1) is 0 Å². The number of fused-ring (bicyclic) bond motifs is 1. The number of likely N-dealkylation sites (tertiary alicyclic amines) is 1. The normalized spacial score (nSPS) is 14.3. The molecule has 0 aliphatic carbocycles. The van der Waals surface area contributed by atoms with Crippen molar-refractivity contribution in [2.45, 2.75) is 25.9 Å². The number of hydrogen-bond donors (Lipinski definition) is 1. The number of ether oxygens (including phenoxy) is 1. The molecule has 1 saturated heterocycles. The van der Waals surface area contributed by atoms with Gasteiger partial charge in [0, 0.05) is 55.7 Å². The first-order chi connectivity index (χ1) is 16.2. The molecule has 0 saturated carbocycles. The molecule has 33 heavy (non-hydrogen) atoms. The van der Waals surface area contributed by atoms with Gasteiger partial charge in [0.1, 0.15) is 11.9 Å². The topological polar surface area (TPSA) is 67.3 Å². The van der Waals surface area contributed by atoms with E-state index in [0.717, 1.165) is 59.4 Å². The van der Waals surface area contributed by atoms with E-state index >= 15 is 0 Å². The van der Waals surface area contributed by atoms with Gasteiger partial charge >= 0.3 is 0 Å². The van der Waals surface area contributed by atoms with Crippen LogP contribution in [0.5, 0.6) is 5.75 Å². The molecule has 0 spiro atoms. The summed E-state index contributed by atoms with van der Waals surface area (Å²) < 4.78 is 6.11. The van der Waals surface area contributed by atoms with E-state index in [1.54, 1.807) is 6.92 Å². The van der Waals surface area contributed by atoms with Crippen molar-refractivity contribution in [2.24, 2.45) is 0 Å². The number of para-hydroxylation sites is 1. The maximum Gasteiger partial charge on any atom is 0.227 e. The number of aromatic nitrogens is 2. The number of hydrogen-bond acceptors (Lipinski definition) is 5. The average molecular weight is 439 g/mol. The van der Waals surface area contributed by atoms with Crippen molar-refractivity contribution < 1.29 is 9.53 Å². The lowest BCUT2D eigenvalue weighted by molar-refractivity contribution is -0.130. The summed E-state index contributed by atoms with van der Waals surface area (Å²) in [5.74, 6) is 1.51. The largest absolute Gasteiger partial charge is 0.490 e. The molecule has 0 radical (unpaired) electrons. The standard InChI is InChI=1S/C27H26N4O2/c1-19(32)31-16-14-24(15-17-31)33-23-12-10-22(11-13-23)29-27-28-18-21-8-5-9-25(26(21)30-27)20-6-3-2-4-7-20/h2-13,18,24H,14-17H2,1H3,(H,28,29,30). The molecule has 6 heteroatoms. The van der Waals surface area contributed by atoms with Crippen molar-refractivity contribution in [3.8, 4) is 16.9 Å². The Hall–Kier alpha value is -3.93. The molecule has 1 aliphatic heterocycles. The SMILES string of the molecule is CC(=O)N1CCC(Oc2ccc(Nc3ncc4cccc(-c5ccccc5)c4n3)cc2)CC1. The Morgan fingerprint density at radius 2 is 1.73 bits per heavy atom. The van der Waals surface area contributed by atoms with Gasteiger partial charge in [-0.05, 0) is 29.8 Å². The molecule has 0 unspecified atom stereocenters. The third kappa shape index (κ3) is 4.80. The van der Waals surface area contributed by atoms with Gasteiger partial charge in [-0.15, -0.1) is 0 Å². The molecule has 1 fully saturated rings. The van der Waals surface area contributed by atoms with E-state index in [4.69, 9.17) is 9.72 Å². The smallest absolute Gasteiger partial charge is 0.227 e. The first-order valence-electron chi connectivity index (χ1n) is 11.3. The van der Waals surface area contributed by atoms with Gasteiger partial charge in [-0.2, -0.15) is 0 Å². The zero-order valence-corrected chi connectivity index (χ0v) is 18.6. The monoisotopic (exact) mass is 438 g/mol. The minimum atomic E-state index is 0.135. The predicted octanol–water partition coefficient (Wildman–Crippen LogP) is 5.43. The lowest BCUT2D eigenvalue weighted by Crippen LogP contribution is -2.40. The van der Waals surface area contributed by atoms with E-state index in [1.165, 1.54) is 0 Å². The Kier molecular flexibility index (Phi) is 5.89. The molecule has 2 heterocycles. The van der Waals surface area contributed by atoms with Crippen LogP contribution in [0.1, 0.15) is 19.8 Å². The summed E-state index contributed by atoms with van der Waals surface area (Å²) in [6, 6.07) is 24.2. The molecular weight excluding hydrogens is 412 g/mol. The van der Waals surface area contributed by atoms with Crippen LogP contribution in [0.15, 0.2) is 79.0 Å². The van der Waals surface area contributed by atoms with Gasteiger partial charge in [0.05, 0.1) is 5.52 Å². The summed E-state index contributed by atoms with van der Waals surface area (Å²) in [6.45, 7) is 3.13. The summed E-state index contributed by atoms with van der Waals surface area (Å²) in [5.41, 5.74) is 4.02. The van der Waals surface area contributed by atoms with Gasteiger partial charge in [0.15, 0.2) is 0 Å². The minimum absolute atomic E-state index is 0.135. The zero-order chi connectivity index (χ0) is 22.6. The van der Waals surface area contributed by atoms with Crippen LogP contribution in [0.4, 0.5) is 11.6 Å². The van der Waals surface area contributed by atoms with Gasteiger partial charge in [0.25, 0.3) is 0 Å². The highest BCUT2D eigenvalue weighted by Crippen LogP contribution is 2.28. The number of amides is 1. The zero-order valence-electron chi connectivity index (χ0n) is 18.6. The van der Waals surface area contributed by atoms with Crippen LogP contribution >= 0.6 is 0 Å². The van der Waals surface area contributed by atoms with Crippen LogP contribution in [-0.4, -0.2) is 40.0 Å². The first kappa shape index (κ1) is 20.9. The summed E-state index contributed by atoms with van der Waals surface area (Å²) in [6.07, 6.45) is 3.70. The Morgan fingerprint density at radius 1 is 0.970 bits per heavy atom. The van der Waals surface area contributed by atoms with Crippen molar-refractivity contribution in [1.82, 2.24) is 14.9 Å². The molecule has 1 amide bonds. The number of carbonyl (C=O) groups is 1. The molecule has 1 aliphatic rings. The molecule has 166 valence electrons. The molecule has 1 N–H and O–H groups in total. The fourth-order valence-corrected chi connectivity index (χ4v) is 4.19. The summed E-state index contributed by atoms with van der Waals surface area (Å²) in [4.78, 5) is 22.6. The van der Waals surface area contributed by atoms with Crippen molar-refractivity contribution in [3.05, 3.63) is 79.0 Å². The van der Waals surface area contributed by atoms with Crippen LogP contribution in [0.3, 0.4) is 0 Å². The van der Waals surface area contributed by atoms with Crippen molar-refractivity contribution in [2.75, 3.05) is 18.4 Å². The quantitative estimate of drug-likeness (QED) is 0.450. The highest BCUT2D eigenvalue weighted by Gasteiger charge is 2.21. The van der Waals surface area contributed by atoms with Gasteiger partial charge in [-0.3, -0.25) is 4.79 Å². The molecule has 4 aromatic rings. The third-order valence-corrected chi connectivity index (χ3v) is 6.00. The molecular formula is C27H26N4O2. The Balaban J connectivity index is 1.29. The van der Waals surface area contributed by atoms with E-state index in [-0.39, 0.29) is 12.0 Å². The van der Waals surface area contributed by atoms with Crippen LogP contribution in [0.25, 0.3) is 22.0 Å². The molecule has 6 nitrogen and oxygen atoms in total. The maximum absolute atomic E-state index is 11.5. The van der Waals surface area contributed by atoms with E-state index < -0.39 is 0 Å². The average Bonchev–Trinajstić information content (AvgIpc) is 2.86. The third-order valence-electron chi connectivity index (χ3n) is 6.00. The van der Waals surface area contributed by atoms with Gasteiger partial charge in [-0.25, -0.2) is 9.97 Å². The van der Waals surface area contributed by atoms with Crippen LogP contribution in [0.2, 0.25) is 0 Å². The predicted molar refractivity (Wildman–Crippen MR) is 131 cm³/mol. The number of benzene rings is 3. The number of nitrogens with zero attached hydrogens (tertiary/aromatic N) is 3. The van der Waals surface area contributed by atoms with E-state index in [2.05, 4.69) is 28.5 Å². The molecule has 5 rings (SSSR count). The number of carbonyl (C=O) groups excluding carboxylic acids is 1. The second-order valence-electron chi connectivity index (χ2n) is 8.28.